The Kier molecular flexibility index (Phi) is 7.34. The standard InChI is InChI=1S/C49H40N2/c1-2-12-36(13-3-1)49(38-28-32-40(33-29-38)51-47-20-10-6-16-43(47)44-17-7-11-21-48(44)51)37-24-22-34(23-25-37)35-26-30-39(31-27-35)50-45-18-8-4-14-41(45)42-15-5-9-19-46(42)50/h4-11,14-33,36,49H,1-3,12-13H2. The number of hydrogen-bond donors (Lipinski definition) is 0. The zero-order chi connectivity index (χ0) is 33.7. The molecule has 2 nitrogen and oxygen atoms in total. The van der Waals surface area contributed by atoms with Crippen molar-refractivity contribution in [3.05, 3.63) is 181 Å². The molecule has 1 aliphatic rings. The molecule has 10 rings (SSSR count). The minimum Gasteiger partial charge on any atom is -0.309 e. The number of hydrogen-bond acceptors (Lipinski definition) is 0. The van der Waals surface area contributed by atoms with Gasteiger partial charge in [-0.05, 0) is 89.5 Å². The van der Waals surface area contributed by atoms with Crippen LogP contribution in [0.4, 0.5) is 0 Å². The minimum absolute atomic E-state index is 0.393. The lowest BCUT2D eigenvalue weighted by atomic mass is 9.73. The quantitative estimate of drug-likeness (QED) is 0.169. The van der Waals surface area contributed by atoms with E-state index in [0.717, 1.165) is 0 Å². The van der Waals surface area contributed by atoms with Gasteiger partial charge in [-0.1, -0.05) is 141 Å². The van der Waals surface area contributed by atoms with Crippen LogP contribution in [0.25, 0.3) is 66.1 Å². The van der Waals surface area contributed by atoms with Crippen LogP contribution < -0.4 is 0 Å². The smallest absolute Gasteiger partial charge is 0.0541 e. The van der Waals surface area contributed by atoms with Gasteiger partial charge in [0.05, 0.1) is 22.1 Å². The molecule has 2 heteroatoms. The zero-order valence-corrected chi connectivity index (χ0v) is 28.8. The maximum atomic E-state index is 2.42. The van der Waals surface area contributed by atoms with Crippen molar-refractivity contribution in [3.8, 4) is 22.5 Å². The first-order chi connectivity index (χ1) is 25.3. The van der Waals surface area contributed by atoms with Crippen LogP contribution in [0.3, 0.4) is 0 Å². The third kappa shape index (κ3) is 5.09. The third-order valence-corrected chi connectivity index (χ3v) is 11.5. The largest absolute Gasteiger partial charge is 0.309 e. The average molecular weight is 657 g/mol. The lowest BCUT2D eigenvalue weighted by molar-refractivity contribution is 0.327. The fraction of sp³-hybridized carbons (Fsp3) is 0.143. The van der Waals surface area contributed by atoms with Gasteiger partial charge >= 0.3 is 0 Å². The Bertz CT molecular complexity index is 2540. The van der Waals surface area contributed by atoms with Crippen LogP contribution in [0.1, 0.15) is 49.1 Å². The van der Waals surface area contributed by atoms with Gasteiger partial charge < -0.3 is 9.13 Å². The van der Waals surface area contributed by atoms with Gasteiger partial charge in [0, 0.05) is 38.8 Å². The molecule has 0 N–H and O–H groups in total. The van der Waals surface area contributed by atoms with Gasteiger partial charge in [0.25, 0.3) is 0 Å². The summed E-state index contributed by atoms with van der Waals surface area (Å²) >= 11 is 0. The Labute approximate surface area is 299 Å². The number of nitrogens with zero attached hydrogens (tertiary/aromatic N) is 2. The first-order valence-electron chi connectivity index (χ1n) is 18.6. The summed E-state index contributed by atoms with van der Waals surface area (Å²) in [7, 11) is 0. The zero-order valence-electron chi connectivity index (χ0n) is 28.8. The first kappa shape index (κ1) is 30.0. The van der Waals surface area contributed by atoms with E-state index < -0.39 is 0 Å². The fourth-order valence-electron chi connectivity index (χ4n) is 9.12. The highest BCUT2D eigenvalue weighted by atomic mass is 15.0. The summed E-state index contributed by atoms with van der Waals surface area (Å²) in [6, 6.07) is 63.1. The van der Waals surface area contributed by atoms with Gasteiger partial charge in [0.2, 0.25) is 0 Å². The van der Waals surface area contributed by atoms with Crippen LogP contribution >= 0.6 is 0 Å². The number of para-hydroxylation sites is 4. The maximum absolute atomic E-state index is 2.42. The Morgan fingerprint density at radius 2 is 0.686 bits per heavy atom. The Morgan fingerprint density at radius 1 is 0.353 bits per heavy atom. The number of rotatable bonds is 6. The normalized spacial score (nSPS) is 14.5. The van der Waals surface area contributed by atoms with Crippen molar-refractivity contribution in [2.24, 2.45) is 5.92 Å². The van der Waals surface area contributed by atoms with Gasteiger partial charge in [-0.25, -0.2) is 0 Å². The number of benzene rings is 7. The second-order valence-corrected chi connectivity index (χ2v) is 14.4. The minimum atomic E-state index is 0.393. The van der Waals surface area contributed by atoms with Gasteiger partial charge in [-0.2, -0.15) is 0 Å². The summed E-state index contributed by atoms with van der Waals surface area (Å²) in [6.45, 7) is 0. The van der Waals surface area contributed by atoms with Crippen LogP contribution in [0.2, 0.25) is 0 Å². The lowest BCUT2D eigenvalue weighted by Crippen LogP contribution is -2.17. The van der Waals surface area contributed by atoms with Gasteiger partial charge in [0.1, 0.15) is 0 Å². The van der Waals surface area contributed by atoms with E-state index in [1.165, 1.54) is 109 Å². The summed E-state index contributed by atoms with van der Waals surface area (Å²) in [5, 5.41) is 5.20. The summed E-state index contributed by atoms with van der Waals surface area (Å²) in [5.74, 6) is 1.05. The Morgan fingerprint density at radius 3 is 1.10 bits per heavy atom. The summed E-state index contributed by atoms with van der Waals surface area (Å²) in [5.41, 5.74) is 12.8. The van der Waals surface area contributed by atoms with Gasteiger partial charge in [-0.3, -0.25) is 0 Å². The molecular formula is C49H40N2. The molecule has 0 spiro atoms. The first-order valence-corrected chi connectivity index (χ1v) is 18.6. The highest BCUT2D eigenvalue weighted by molar-refractivity contribution is 6.10. The molecule has 1 saturated carbocycles. The van der Waals surface area contributed by atoms with Crippen LogP contribution in [-0.2, 0) is 0 Å². The molecule has 1 atom stereocenters. The van der Waals surface area contributed by atoms with Gasteiger partial charge in [0.15, 0.2) is 0 Å². The molecule has 0 saturated heterocycles. The molecule has 2 aromatic heterocycles. The SMILES string of the molecule is c1ccc2c(c1)c1ccccc1n2-c1ccc(-c2ccc(C(c3ccc(-n4c5ccccc5c5ccccc54)cc3)C3CCCCC3)cc2)cc1. The molecule has 7 aromatic carbocycles. The van der Waals surface area contributed by atoms with E-state index >= 15 is 0 Å². The highest BCUT2D eigenvalue weighted by Crippen LogP contribution is 2.42. The molecule has 0 radical (unpaired) electrons. The Hall–Kier alpha value is -5.86. The number of fused-ring (bicyclic) bond motifs is 6. The summed E-state index contributed by atoms with van der Waals surface area (Å²) in [6.07, 6.45) is 6.62. The van der Waals surface area contributed by atoms with Crippen molar-refractivity contribution in [1.82, 2.24) is 9.13 Å². The molecule has 0 amide bonds. The second kappa shape index (κ2) is 12.5. The van der Waals surface area contributed by atoms with E-state index in [2.05, 4.69) is 179 Å². The van der Waals surface area contributed by atoms with Crippen LogP contribution in [0.5, 0.6) is 0 Å². The van der Waals surface area contributed by atoms with E-state index in [-0.39, 0.29) is 0 Å². The maximum Gasteiger partial charge on any atom is 0.0541 e. The van der Waals surface area contributed by atoms with Crippen LogP contribution in [0.15, 0.2) is 170 Å². The molecule has 0 aliphatic heterocycles. The predicted molar refractivity (Wildman–Crippen MR) is 215 cm³/mol. The topological polar surface area (TPSA) is 9.86 Å². The Balaban J connectivity index is 0.979. The molecule has 246 valence electrons. The molecular weight excluding hydrogens is 617 g/mol. The van der Waals surface area contributed by atoms with E-state index in [1.807, 2.05) is 0 Å². The summed E-state index contributed by atoms with van der Waals surface area (Å²) < 4.78 is 4.81. The van der Waals surface area contributed by atoms with Crippen LogP contribution in [-0.4, -0.2) is 9.13 Å². The second-order valence-electron chi connectivity index (χ2n) is 14.4. The highest BCUT2D eigenvalue weighted by Gasteiger charge is 2.27. The van der Waals surface area contributed by atoms with Crippen molar-refractivity contribution < 1.29 is 0 Å². The van der Waals surface area contributed by atoms with E-state index in [9.17, 15) is 0 Å². The molecule has 51 heavy (non-hydrogen) atoms. The fourth-order valence-corrected chi connectivity index (χ4v) is 9.12. The molecule has 1 fully saturated rings. The van der Waals surface area contributed by atoms with E-state index in [4.69, 9.17) is 0 Å². The van der Waals surface area contributed by atoms with Crippen molar-refractivity contribution >= 4 is 43.6 Å². The predicted octanol–water partition coefficient (Wildman–Crippen LogP) is 13.3. The van der Waals surface area contributed by atoms with Crippen LogP contribution in [0, 0.1) is 5.92 Å². The third-order valence-electron chi connectivity index (χ3n) is 11.5. The van der Waals surface area contributed by atoms with Crippen molar-refractivity contribution in [1.29, 1.82) is 0 Å². The van der Waals surface area contributed by atoms with E-state index in [0.29, 0.717) is 11.8 Å². The van der Waals surface area contributed by atoms with Crippen molar-refractivity contribution in [2.45, 2.75) is 38.0 Å². The molecule has 2 heterocycles. The lowest BCUT2D eigenvalue weighted by Gasteiger charge is -2.31. The monoisotopic (exact) mass is 656 g/mol. The average Bonchev–Trinajstić information content (AvgIpc) is 3.72. The van der Waals surface area contributed by atoms with E-state index in [1.54, 1.807) is 0 Å². The van der Waals surface area contributed by atoms with Crippen molar-refractivity contribution in [3.63, 3.8) is 0 Å². The van der Waals surface area contributed by atoms with Gasteiger partial charge in [-0.15, -0.1) is 0 Å². The van der Waals surface area contributed by atoms with Crippen molar-refractivity contribution in [2.75, 3.05) is 0 Å². The number of aromatic nitrogens is 2. The molecule has 1 aliphatic carbocycles. The molecule has 0 bridgehead atoms. The summed E-state index contributed by atoms with van der Waals surface area (Å²) in [4.78, 5) is 0. The molecule has 9 aromatic rings. The molecule has 1 unspecified atom stereocenters.